The molecule has 3 nitrogen and oxygen atoms in total. The number of nitrogens with zero attached hydrogens (tertiary/aromatic N) is 2. The predicted octanol–water partition coefficient (Wildman–Crippen LogP) is 3.51. The molecule has 0 bridgehead atoms. The third-order valence-electron chi connectivity index (χ3n) is 4.26. The van der Waals surface area contributed by atoms with E-state index in [4.69, 9.17) is 4.98 Å². The molecule has 2 heterocycles. The lowest BCUT2D eigenvalue weighted by Gasteiger charge is -2.33. The largest absolute Gasteiger partial charge is 0.345 e. The fraction of sp³-hybridized carbons (Fsp3) is 0.800. The van der Waals surface area contributed by atoms with Crippen molar-refractivity contribution < 1.29 is 0 Å². The van der Waals surface area contributed by atoms with Crippen molar-refractivity contribution in [2.24, 2.45) is 0 Å². The van der Waals surface area contributed by atoms with Gasteiger partial charge >= 0.3 is 0 Å². The molecule has 1 aromatic rings. The molecule has 2 fully saturated rings. The van der Waals surface area contributed by atoms with Crippen LogP contribution in [0.4, 0.5) is 5.13 Å². The maximum atomic E-state index is 5.00. The van der Waals surface area contributed by atoms with Crippen molar-refractivity contribution in [1.82, 2.24) is 10.3 Å². The van der Waals surface area contributed by atoms with Gasteiger partial charge in [0.15, 0.2) is 5.13 Å². The predicted molar refractivity (Wildman–Crippen MR) is 82.1 cm³/mol. The third kappa shape index (κ3) is 2.95. The molecule has 0 radical (unpaired) electrons. The molecule has 1 saturated carbocycles. The molecule has 1 aromatic heterocycles. The number of rotatable bonds is 5. The minimum absolute atomic E-state index is 0.666. The highest BCUT2D eigenvalue weighted by Crippen LogP contribution is 2.44. The molecule has 2 aliphatic rings. The molecular formula is C15H25N3S. The van der Waals surface area contributed by atoms with Crippen LogP contribution >= 0.6 is 11.3 Å². The smallest absolute Gasteiger partial charge is 0.186 e. The topological polar surface area (TPSA) is 28.2 Å². The summed E-state index contributed by atoms with van der Waals surface area (Å²) < 4.78 is 0. The summed E-state index contributed by atoms with van der Waals surface area (Å²) >= 11 is 1.93. The Balaban J connectivity index is 1.80. The molecule has 0 spiro atoms. The van der Waals surface area contributed by atoms with Crippen molar-refractivity contribution in [2.75, 3.05) is 18.0 Å². The van der Waals surface area contributed by atoms with Gasteiger partial charge in [0.2, 0.25) is 0 Å². The van der Waals surface area contributed by atoms with Crippen LogP contribution in [0.25, 0.3) is 0 Å². The molecule has 106 valence electrons. The van der Waals surface area contributed by atoms with Crippen molar-refractivity contribution in [1.29, 1.82) is 0 Å². The van der Waals surface area contributed by atoms with E-state index >= 15 is 0 Å². The fourth-order valence-electron chi connectivity index (χ4n) is 2.90. The summed E-state index contributed by atoms with van der Waals surface area (Å²) in [6.45, 7) is 7.76. The van der Waals surface area contributed by atoms with Crippen LogP contribution < -0.4 is 10.2 Å². The molecule has 1 N–H and O–H groups in total. The van der Waals surface area contributed by atoms with E-state index < -0.39 is 0 Å². The van der Waals surface area contributed by atoms with Crippen molar-refractivity contribution in [3.63, 3.8) is 0 Å². The Labute approximate surface area is 120 Å². The SMILES string of the molecule is CCNCc1sc(N2CCCCC2C)nc1C1CC1. The van der Waals surface area contributed by atoms with Crippen molar-refractivity contribution in [3.05, 3.63) is 10.6 Å². The molecule has 1 atom stereocenters. The molecule has 4 heteroatoms. The lowest BCUT2D eigenvalue weighted by atomic mass is 10.0. The first-order chi connectivity index (χ1) is 9.29. The summed E-state index contributed by atoms with van der Waals surface area (Å²) in [4.78, 5) is 9.02. The van der Waals surface area contributed by atoms with Gasteiger partial charge in [-0.15, -0.1) is 11.3 Å². The van der Waals surface area contributed by atoms with E-state index in [-0.39, 0.29) is 0 Å². The molecule has 1 aliphatic heterocycles. The fourth-order valence-corrected chi connectivity index (χ4v) is 4.14. The zero-order chi connectivity index (χ0) is 13.2. The van der Waals surface area contributed by atoms with Crippen LogP contribution in [0, 0.1) is 0 Å². The Kier molecular flexibility index (Phi) is 4.08. The van der Waals surface area contributed by atoms with Crippen molar-refractivity contribution in [3.8, 4) is 0 Å². The highest BCUT2D eigenvalue weighted by atomic mass is 32.1. The second-order valence-electron chi connectivity index (χ2n) is 5.90. The lowest BCUT2D eigenvalue weighted by Crippen LogP contribution is -2.37. The molecular weight excluding hydrogens is 254 g/mol. The van der Waals surface area contributed by atoms with Crippen LogP contribution in [0.3, 0.4) is 0 Å². The molecule has 19 heavy (non-hydrogen) atoms. The summed E-state index contributed by atoms with van der Waals surface area (Å²) in [6.07, 6.45) is 6.71. The number of piperidine rings is 1. The third-order valence-corrected chi connectivity index (χ3v) is 5.37. The van der Waals surface area contributed by atoms with Gasteiger partial charge in [-0.25, -0.2) is 4.98 Å². The van der Waals surface area contributed by atoms with E-state index in [0.717, 1.165) is 19.0 Å². The number of hydrogen-bond acceptors (Lipinski definition) is 4. The van der Waals surface area contributed by atoms with Crippen molar-refractivity contribution >= 4 is 16.5 Å². The van der Waals surface area contributed by atoms with Gasteiger partial charge in [-0.05, 0) is 45.6 Å². The Morgan fingerprint density at radius 2 is 2.16 bits per heavy atom. The first-order valence-corrected chi connectivity index (χ1v) is 8.58. The first-order valence-electron chi connectivity index (χ1n) is 7.76. The van der Waals surface area contributed by atoms with Gasteiger partial charge < -0.3 is 10.2 Å². The quantitative estimate of drug-likeness (QED) is 0.894. The number of thiazole rings is 1. The van der Waals surface area contributed by atoms with E-state index in [1.807, 2.05) is 11.3 Å². The Morgan fingerprint density at radius 1 is 1.32 bits per heavy atom. The molecule has 1 aliphatic carbocycles. The maximum absolute atomic E-state index is 5.00. The van der Waals surface area contributed by atoms with Gasteiger partial charge in [-0.2, -0.15) is 0 Å². The minimum atomic E-state index is 0.666. The normalized spacial score (nSPS) is 23.9. The van der Waals surface area contributed by atoms with Gasteiger partial charge in [0.05, 0.1) is 5.69 Å². The average molecular weight is 279 g/mol. The van der Waals surface area contributed by atoms with Crippen LogP contribution in [0.1, 0.15) is 62.4 Å². The minimum Gasteiger partial charge on any atom is -0.345 e. The van der Waals surface area contributed by atoms with E-state index in [1.54, 1.807) is 0 Å². The zero-order valence-corrected chi connectivity index (χ0v) is 12.9. The summed E-state index contributed by atoms with van der Waals surface area (Å²) in [6, 6.07) is 0.666. The summed E-state index contributed by atoms with van der Waals surface area (Å²) in [5.41, 5.74) is 1.40. The number of nitrogens with one attached hydrogen (secondary N) is 1. The molecule has 1 unspecified atom stereocenters. The summed E-state index contributed by atoms with van der Waals surface area (Å²) in [7, 11) is 0. The lowest BCUT2D eigenvalue weighted by molar-refractivity contribution is 0.484. The van der Waals surface area contributed by atoms with E-state index in [1.165, 1.54) is 54.4 Å². The van der Waals surface area contributed by atoms with Crippen LogP contribution in [0.2, 0.25) is 0 Å². The van der Waals surface area contributed by atoms with Crippen LogP contribution in [0.5, 0.6) is 0 Å². The van der Waals surface area contributed by atoms with Gasteiger partial charge in [0.1, 0.15) is 0 Å². The van der Waals surface area contributed by atoms with Gasteiger partial charge in [0, 0.05) is 29.9 Å². The maximum Gasteiger partial charge on any atom is 0.186 e. The molecule has 1 saturated heterocycles. The monoisotopic (exact) mass is 279 g/mol. The van der Waals surface area contributed by atoms with Gasteiger partial charge in [0.25, 0.3) is 0 Å². The molecule has 0 aromatic carbocycles. The highest BCUT2D eigenvalue weighted by Gasteiger charge is 2.31. The van der Waals surface area contributed by atoms with Crippen LogP contribution in [-0.2, 0) is 6.54 Å². The van der Waals surface area contributed by atoms with Crippen molar-refractivity contribution in [2.45, 2.75) is 64.5 Å². The average Bonchev–Trinajstić information content (AvgIpc) is 3.18. The van der Waals surface area contributed by atoms with E-state index in [0.29, 0.717) is 6.04 Å². The number of aromatic nitrogens is 1. The Morgan fingerprint density at radius 3 is 2.84 bits per heavy atom. The standard InChI is InChI=1S/C15H25N3S/c1-3-16-10-13-14(12-7-8-12)17-15(19-13)18-9-5-4-6-11(18)2/h11-12,16H,3-10H2,1-2H3. The number of anilines is 1. The molecule has 3 rings (SSSR count). The van der Waals surface area contributed by atoms with Crippen LogP contribution in [-0.4, -0.2) is 24.1 Å². The van der Waals surface area contributed by atoms with Gasteiger partial charge in [-0.3, -0.25) is 0 Å². The van der Waals surface area contributed by atoms with E-state index in [9.17, 15) is 0 Å². The Bertz CT molecular complexity index is 425. The number of hydrogen-bond donors (Lipinski definition) is 1. The first kappa shape index (κ1) is 13.4. The summed E-state index contributed by atoms with van der Waals surface area (Å²) in [5.74, 6) is 0.763. The zero-order valence-electron chi connectivity index (χ0n) is 12.1. The highest BCUT2D eigenvalue weighted by molar-refractivity contribution is 7.15. The Hall–Kier alpha value is -0.610. The van der Waals surface area contributed by atoms with Crippen LogP contribution in [0.15, 0.2) is 0 Å². The van der Waals surface area contributed by atoms with E-state index in [2.05, 4.69) is 24.1 Å². The second kappa shape index (κ2) is 5.80. The molecule has 0 amide bonds. The summed E-state index contributed by atoms with van der Waals surface area (Å²) in [5, 5.41) is 4.75. The van der Waals surface area contributed by atoms with Gasteiger partial charge in [-0.1, -0.05) is 6.92 Å². The second-order valence-corrected chi connectivity index (χ2v) is 6.96.